The molecule has 0 saturated carbocycles. The van der Waals surface area contributed by atoms with Crippen LogP contribution in [0.15, 0.2) is 170 Å². The van der Waals surface area contributed by atoms with Crippen LogP contribution in [0.25, 0.3) is 66.1 Å². The molecule has 3 heteroatoms. The molecule has 7 aromatic carbocycles. The zero-order chi connectivity index (χ0) is 33.2. The van der Waals surface area contributed by atoms with Crippen molar-refractivity contribution in [2.75, 3.05) is 5.32 Å². The van der Waals surface area contributed by atoms with Gasteiger partial charge in [-0.3, -0.25) is 0 Å². The lowest BCUT2D eigenvalue weighted by molar-refractivity contribution is 0.979. The molecule has 2 aromatic heterocycles. The van der Waals surface area contributed by atoms with Gasteiger partial charge in [0.05, 0.1) is 28.1 Å². The predicted octanol–water partition coefficient (Wildman–Crippen LogP) is 12.4. The molecule has 0 saturated heterocycles. The number of allylic oxidation sites excluding steroid dienone is 1. The Kier molecular flexibility index (Phi) is 6.53. The highest BCUT2D eigenvalue weighted by Crippen LogP contribution is 2.47. The second-order valence-electron chi connectivity index (χ2n) is 13.3. The smallest absolute Gasteiger partial charge is 0.0776 e. The van der Waals surface area contributed by atoms with Crippen LogP contribution in [-0.2, 0) is 0 Å². The molecule has 0 aliphatic carbocycles. The van der Waals surface area contributed by atoms with Crippen molar-refractivity contribution in [2.45, 2.75) is 19.4 Å². The Morgan fingerprint density at radius 2 is 1.02 bits per heavy atom. The third-order valence-corrected chi connectivity index (χ3v) is 10.6. The van der Waals surface area contributed by atoms with Crippen molar-refractivity contribution in [1.82, 2.24) is 9.13 Å². The summed E-state index contributed by atoms with van der Waals surface area (Å²) in [6.07, 6.45) is 0.965. The summed E-state index contributed by atoms with van der Waals surface area (Å²) in [7, 11) is 0. The van der Waals surface area contributed by atoms with Gasteiger partial charge in [0.1, 0.15) is 0 Å². The maximum atomic E-state index is 3.93. The van der Waals surface area contributed by atoms with Crippen molar-refractivity contribution < 1.29 is 0 Å². The fourth-order valence-corrected chi connectivity index (χ4v) is 8.39. The fourth-order valence-electron chi connectivity index (χ4n) is 8.39. The summed E-state index contributed by atoms with van der Waals surface area (Å²) in [6.45, 7) is 2.27. The van der Waals surface area contributed by atoms with Gasteiger partial charge in [-0.1, -0.05) is 122 Å². The largest absolute Gasteiger partial charge is 0.374 e. The lowest BCUT2D eigenvalue weighted by atomic mass is 9.82. The fraction of sp³-hybridized carbons (Fsp3) is 0.0638. The average Bonchev–Trinajstić information content (AvgIpc) is 3.69. The average molecular weight is 642 g/mol. The molecule has 0 spiro atoms. The number of aromatic nitrogens is 2. The summed E-state index contributed by atoms with van der Waals surface area (Å²) >= 11 is 0. The molecule has 1 N–H and O–H groups in total. The minimum Gasteiger partial charge on any atom is -0.374 e. The normalized spacial score (nSPS) is 14.5. The van der Waals surface area contributed by atoms with Gasteiger partial charge in [-0.2, -0.15) is 0 Å². The highest BCUT2D eigenvalue weighted by atomic mass is 15.0. The van der Waals surface area contributed by atoms with E-state index in [2.05, 4.69) is 191 Å². The van der Waals surface area contributed by atoms with E-state index in [0.717, 1.165) is 12.1 Å². The molecular weight excluding hydrogens is 607 g/mol. The number of hydrogen-bond acceptors (Lipinski definition) is 1. The third kappa shape index (κ3) is 4.30. The number of anilines is 1. The number of fused-ring (bicyclic) bond motifs is 7. The highest BCUT2D eigenvalue weighted by molar-refractivity contribution is 6.19. The molecular formula is C47H35N3. The van der Waals surface area contributed by atoms with Gasteiger partial charge in [-0.05, 0) is 83.3 Å². The van der Waals surface area contributed by atoms with Crippen LogP contribution >= 0.6 is 0 Å². The minimum atomic E-state index is 0.0376. The zero-order valence-electron chi connectivity index (χ0n) is 27.8. The van der Waals surface area contributed by atoms with Crippen LogP contribution in [-0.4, -0.2) is 9.13 Å². The van der Waals surface area contributed by atoms with E-state index in [1.54, 1.807) is 0 Å². The second kappa shape index (κ2) is 11.4. The van der Waals surface area contributed by atoms with E-state index in [1.807, 2.05) is 0 Å². The van der Waals surface area contributed by atoms with Gasteiger partial charge in [-0.25, -0.2) is 0 Å². The first-order valence-corrected chi connectivity index (χ1v) is 17.5. The molecule has 1 unspecified atom stereocenters. The zero-order valence-corrected chi connectivity index (χ0v) is 27.8. The van der Waals surface area contributed by atoms with Gasteiger partial charge in [0.2, 0.25) is 0 Å². The van der Waals surface area contributed by atoms with Crippen LogP contribution in [0.2, 0.25) is 0 Å². The van der Waals surface area contributed by atoms with Crippen molar-refractivity contribution in [3.63, 3.8) is 0 Å². The van der Waals surface area contributed by atoms with Gasteiger partial charge < -0.3 is 14.5 Å². The quantitative estimate of drug-likeness (QED) is 0.198. The number of benzene rings is 7. The van der Waals surface area contributed by atoms with Crippen molar-refractivity contribution in [1.29, 1.82) is 0 Å². The van der Waals surface area contributed by atoms with Crippen LogP contribution in [0.1, 0.15) is 36.1 Å². The standard InChI is InChI=1S/C47H35N3/c1-2-35-36-19-9-12-22-41(36)48-47(46(35)31-15-5-3-6-16-31)32-25-27-34(28-26-32)50-43-24-14-11-21-38(43)40-29-39-37-20-10-13-23-42(37)49(44(39)30-45(40)50)33-17-7-4-8-18-33/h3-30,47-48H,2H2,1H3. The molecule has 9 aromatic rings. The summed E-state index contributed by atoms with van der Waals surface area (Å²) in [6, 6.07) is 62.0. The Bertz CT molecular complexity index is 2750. The predicted molar refractivity (Wildman–Crippen MR) is 211 cm³/mol. The lowest BCUT2D eigenvalue weighted by Crippen LogP contribution is -2.19. The van der Waals surface area contributed by atoms with Crippen LogP contribution < -0.4 is 5.32 Å². The van der Waals surface area contributed by atoms with Crippen LogP contribution in [0.3, 0.4) is 0 Å². The molecule has 10 rings (SSSR count). The van der Waals surface area contributed by atoms with E-state index in [4.69, 9.17) is 0 Å². The summed E-state index contributed by atoms with van der Waals surface area (Å²) in [4.78, 5) is 0. The lowest BCUT2D eigenvalue weighted by Gasteiger charge is -2.33. The number of nitrogens with zero attached hydrogens (tertiary/aromatic N) is 2. The van der Waals surface area contributed by atoms with Gasteiger partial charge in [0, 0.05) is 44.2 Å². The maximum absolute atomic E-state index is 3.93. The molecule has 0 bridgehead atoms. The summed E-state index contributed by atoms with van der Waals surface area (Å²) in [5.74, 6) is 0. The molecule has 1 aliphatic heterocycles. The molecule has 1 atom stereocenters. The van der Waals surface area contributed by atoms with Crippen molar-refractivity contribution >= 4 is 60.4 Å². The van der Waals surface area contributed by atoms with Crippen molar-refractivity contribution in [2.24, 2.45) is 0 Å². The van der Waals surface area contributed by atoms with Crippen LogP contribution in [0.5, 0.6) is 0 Å². The molecule has 3 heterocycles. The van der Waals surface area contributed by atoms with E-state index >= 15 is 0 Å². The van der Waals surface area contributed by atoms with E-state index in [-0.39, 0.29) is 6.04 Å². The molecule has 0 amide bonds. The minimum absolute atomic E-state index is 0.0376. The topological polar surface area (TPSA) is 21.9 Å². The van der Waals surface area contributed by atoms with Gasteiger partial charge >= 0.3 is 0 Å². The van der Waals surface area contributed by atoms with E-state index in [9.17, 15) is 0 Å². The molecule has 1 aliphatic rings. The van der Waals surface area contributed by atoms with Gasteiger partial charge in [0.15, 0.2) is 0 Å². The monoisotopic (exact) mass is 641 g/mol. The van der Waals surface area contributed by atoms with E-state index in [0.29, 0.717) is 0 Å². The Balaban J connectivity index is 1.17. The molecule has 50 heavy (non-hydrogen) atoms. The molecule has 3 nitrogen and oxygen atoms in total. The summed E-state index contributed by atoms with van der Waals surface area (Å²) < 4.78 is 4.85. The first kappa shape index (κ1) is 28.7. The van der Waals surface area contributed by atoms with Crippen LogP contribution in [0, 0.1) is 0 Å². The van der Waals surface area contributed by atoms with E-state index in [1.165, 1.54) is 82.8 Å². The summed E-state index contributed by atoms with van der Waals surface area (Å²) in [5, 5.41) is 8.99. The molecule has 238 valence electrons. The van der Waals surface area contributed by atoms with E-state index < -0.39 is 0 Å². The second-order valence-corrected chi connectivity index (χ2v) is 13.3. The SMILES string of the molecule is CCC1=C(c2ccccc2)C(c2ccc(-n3c4ccccc4c4cc5c6ccccc6n(-c6ccccc6)c5cc43)cc2)Nc2ccccc21. The Labute approximate surface area is 291 Å². The molecule has 0 fully saturated rings. The first-order chi connectivity index (χ1) is 24.8. The first-order valence-electron chi connectivity index (χ1n) is 17.5. The van der Waals surface area contributed by atoms with Gasteiger partial charge in [0.25, 0.3) is 0 Å². The number of hydrogen-bond donors (Lipinski definition) is 1. The maximum Gasteiger partial charge on any atom is 0.0776 e. The number of nitrogens with one attached hydrogen (secondary N) is 1. The van der Waals surface area contributed by atoms with Crippen molar-refractivity contribution in [3.05, 3.63) is 187 Å². The summed E-state index contributed by atoms with van der Waals surface area (Å²) in [5.41, 5.74) is 14.9. The Morgan fingerprint density at radius 1 is 0.480 bits per heavy atom. The van der Waals surface area contributed by atoms with Gasteiger partial charge in [-0.15, -0.1) is 0 Å². The Hall–Kier alpha value is -6.32. The number of para-hydroxylation sites is 4. The van der Waals surface area contributed by atoms with Crippen molar-refractivity contribution in [3.8, 4) is 11.4 Å². The van der Waals surface area contributed by atoms with Crippen LogP contribution in [0.4, 0.5) is 5.69 Å². The Morgan fingerprint density at radius 3 is 1.66 bits per heavy atom. The third-order valence-electron chi connectivity index (χ3n) is 10.6. The molecule has 0 radical (unpaired) electrons. The number of rotatable bonds is 5. The highest BCUT2D eigenvalue weighted by Gasteiger charge is 2.28.